The van der Waals surface area contributed by atoms with Crippen molar-refractivity contribution < 1.29 is 61.7 Å². The van der Waals surface area contributed by atoms with Crippen LogP contribution in [-0.4, -0.2) is 144 Å². The highest BCUT2D eigenvalue weighted by Crippen LogP contribution is 2.01. The number of hydrogen-bond donors (Lipinski definition) is 2. The molecule has 0 bridgehead atoms. The second-order valence-electron chi connectivity index (χ2n) is 10.5. The minimum Gasteiger partial charge on any atom is -0.445 e. The number of hydrogen-bond acceptors (Lipinski definition) is 13. The maximum absolute atomic E-state index is 11.6. The van der Waals surface area contributed by atoms with Crippen LogP contribution in [0.1, 0.15) is 11.1 Å². The normalized spacial score (nSPS) is 11.0. The van der Waals surface area contributed by atoms with Crippen molar-refractivity contribution in [3.8, 4) is 0 Å². The van der Waals surface area contributed by atoms with Crippen molar-refractivity contribution in [2.45, 2.75) is 13.2 Å². The summed E-state index contributed by atoms with van der Waals surface area (Å²) in [5.41, 5.74) is 1.87. The number of carbonyl (C=O) groups is 2. The highest BCUT2D eigenvalue weighted by atomic mass is 16.6. The summed E-state index contributed by atoms with van der Waals surface area (Å²) >= 11 is 0. The Kier molecular flexibility index (Phi) is 29.0. The van der Waals surface area contributed by atoms with E-state index in [0.29, 0.717) is 132 Å². The molecule has 0 saturated carbocycles. The van der Waals surface area contributed by atoms with Crippen LogP contribution in [0.5, 0.6) is 0 Å². The number of alkyl carbamates (subject to hydrolysis) is 2. The van der Waals surface area contributed by atoms with Crippen LogP contribution in [0.4, 0.5) is 9.59 Å². The summed E-state index contributed by atoms with van der Waals surface area (Å²) in [7, 11) is 0. The van der Waals surface area contributed by atoms with Crippen molar-refractivity contribution in [1.82, 2.24) is 10.6 Å². The number of rotatable bonds is 34. The van der Waals surface area contributed by atoms with Crippen LogP contribution in [0.25, 0.3) is 0 Å². The summed E-state index contributed by atoms with van der Waals surface area (Å²) in [6, 6.07) is 19.0. The summed E-state index contributed by atoms with van der Waals surface area (Å²) in [6.07, 6.45) is -0.947. The van der Waals surface area contributed by atoms with Crippen LogP contribution in [0.3, 0.4) is 0 Å². The van der Waals surface area contributed by atoms with Gasteiger partial charge in [0.25, 0.3) is 0 Å². The first-order valence-corrected chi connectivity index (χ1v) is 17.3. The maximum Gasteiger partial charge on any atom is 0.407 e. The Hall–Kier alpha value is -3.38. The molecule has 0 aliphatic carbocycles. The van der Waals surface area contributed by atoms with Crippen LogP contribution in [0.15, 0.2) is 60.7 Å². The van der Waals surface area contributed by atoms with Crippen LogP contribution in [0, 0.1) is 0 Å². The van der Waals surface area contributed by atoms with E-state index in [2.05, 4.69) is 10.6 Å². The Morgan fingerprint density at radius 2 is 0.588 bits per heavy atom. The second kappa shape index (κ2) is 33.7. The molecular weight excluding hydrogens is 668 g/mol. The summed E-state index contributed by atoms with van der Waals surface area (Å²) in [5, 5.41) is 5.28. The molecule has 0 fully saturated rings. The van der Waals surface area contributed by atoms with Crippen molar-refractivity contribution in [1.29, 1.82) is 0 Å². The molecule has 2 aromatic carbocycles. The van der Waals surface area contributed by atoms with E-state index in [1.807, 2.05) is 60.7 Å². The predicted molar refractivity (Wildman–Crippen MR) is 187 cm³/mol. The van der Waals surface area contributed by atoms with Gasteiger partial charge in [-0.05, 0) is 11.1 Å². The fourth-order valence-electron chi connectivity index (χ4n) is 3.86. The molecule has 2 N–H and O–H groups in total. The van der Waals surface area contributed by atoms with E-state index >= 15 is 0 Å². The third kappa shape index (κ3) is 29.0. The molecule has 2 aromatic rings. The van der Waals surface area contributed by atoms with Crippen molar-refractivity contribution in [3.05, 3.63) is 71.8 Å². The first-order valence-electron chi connectivity index (χ1n) is 17.3. The first-order chi connectivity index (χ1) is 25.2. The average molecular weight is 725 g/mol. The summed E-state index contributed by atoms with van der Waals surface area (Å²) in [5.74, 6) is 0. The zero-order chi connectivity index (χ0) is 36.1. The van der Waals surface area contributed by atoms with Gasteiger partial charge in [0.05, 0.1) is 119 Å². The van der Waals surface area contributed by atoms with Gasteiger partial charge in [-0.15, -0.1) is 0 Å². The Balaban J connectivity index is 1.16. The van der Waals surface area contributed by atoms with Crippen molar-refractivity contribution in [2.24, 2.45) is 0 Å². The van der Waals surface area contributed by atoms with Crippen molar-refractivity contribution in [2.75, 3.05) is 132 Å². The van der Waals surface area contributed by atoms with E-state index in [4.69, 9.17) is 52.1 Å². The second-order valence-corrected chi connectivity index (χ2v) is 10.5. The van der Waals surface area contributed by atoms with E-state index in [-0.39, 0.29) is 13.2 Å². The molecule has 0 saturated heterocycles. The number of carbonyl (C=O) groups excluding carboxylic acids is 2. The number of amides is 2. The largest absolute Gasteiger partial charge is 0.445 e. The van der Waals surface area contributed by atoms with Gasteiger partial charge in [-0.3, -0.25) is 0 Å². The lowest BCUT2D eigenvalue weighted by atomic mass is 10.2. The first kappa shape index (κ1) is 43.8. The van der Waals surface area contributed by atoms with Gasteiger partial charge < -0.3 is 62.7 Å². The molecule has 0 aromatic heterocycles. The molecule has 2 amide bonds. The molecule has 2 rings (SSSR count). The topological polar surface area (TPSA) is 160 Å². The average Bonchev–Trinajstić information content (AvgIpc) is 3.16. The van der Waals surface area contributed by atoms with Gasteiger partial charge in [-0.1, -0.05) is 60.7 Å². The minimum absolute atomic E-state index is 0.234. The fraction of sp³-hybridized carbons (Fsp3) is 0.611. The van der Waals surface area contributed by atoms with Crippen LogP contribution in [-0.2, 0) is 65.3 Å². The quantitative estimate of drug-likeness (QED) is 0.102. The fourth-order valence-corrected chi connectivity index (χ4v) is 3.86. The van der Waals surface area contributed by atoms with E-state index in [1.54, 1.807) is 0 Å². The zero-order valence-corrected chi connectivity index (χ0v) is 29.6. The molecule has 15 heteroatoms. The molecule has 0 aliphatic rings. The minimum atomic E-state index is -0.473. The molecule has 0 radical (unpaired) electrons. The van der Waals surface area contributed by atoms with Gasteiger partial charge in [-0.2, -0.15) is 0 Å². The van der Waals surface area contributed by atoms with Crippen LogP contribution in [0.2, 0.25) is 0 Å². The smallest absolute Gasteiger partial charge is 0.407 e. The summed E-state index contributed by atoms with van der Waals surface area (Å²) < 4.78 is 59.3. The Bertz CT molecular complexity index is 986. The molecule has 0 heterocycles. The lowest BCUT2D eigenvalue weighted by Gasteiger charge is -2.09. The Labute approximate surface area is 301 Å². The predicted octanol–water partition coefficient (Wildman–Crippen LogP) is 2.99. The SMILES string of the molecule is O=C(NCCOCCOCCOCCOCCOCCOCCOCCOCCOCCNC(=O)OCc1ccccc1)OCc1ccccc1. The lowest BCUT2D eigenvalue weighted by Crippen LogP contribution is -2.28. The molecule has 0 unspecified atom stereocenters. The van der Waals surface area contributed by atoms with E-state index < -0.39 is 12.2 Å². The van der Waals surface area contributed by atoms with Crippen molar-refractivity contribution >= 4 is 12.2 Å². The van der Waals surface area contributed by atoms with E-state index in [9.17, 15) is 9.59 Å². The Morgan fingerprint density at radius 3 is 0.843 bits per heavy atom. The highest BCUT2D eigenvalue weighted by Gasteiger charge is 2.03. The number of benzene rings is 2. The monoisotopic (exact) mass is 724 g/mol. The molecule has 0 atom stereocenters. The van der Waals surface area contributed by atoms with Gasteiger partial charge >= 0.3 is 12.2 Å². The lowest BCUT2D eigenvalue weighted by molar-refractivity contribution is -0.0248. The third-order valence-corrected chi connectivity index (χ3v) is 6.43. The van der Waals surface area contributed by atoms with Crippen LogP contribution < -0.4 is 10.6 Å². The number of nitrogens with one attached hydrogen (secondary N) is 2. The Morgan fingerprint density at radius 1 is 0.353 bits per heavy atom. The summed E-state index contributed by atoms with van der Waals surface area (Å²) in [6.45, 7) is 9.34. The molecular formula is C36H56N2O13. The molecule has 0 aliphatic heterocycles. The van der Waals surface area contributed by atoms with Gasteiger partial charge in [0.2, 0.25) is 0 Å². The highest BCUT2D eigenvalue weighted by molar-refractivity contribution is 5.67. The van der Waals surface area contributed by atoms with Gasteiger partial charge in [0, 0.05) is 13.1 Å². The molecule has 15 nitrogen and oxygen atoms in total. The van der Waals surface area contributed by atoms with Crippen LogP contribution >= 0.6 is 0 Å². The van der Waals surface area contributed by atoms with Crippen molar-refractivity contribution in [3.63, 3.8) is 0 Å². The van der Waals surface area contributed by atoms with Gasteiger partial charge in [-0.25, -0.2) is 9.59 Å². The van der Waals surface area contributed by atoms with E-state index in [1.165, 1.54) is 0 Å². The summed E-state index contributed by atoms with van der Waals surface area (Å²) in [4.78, 5) is 23.3. The standard InChI is InChI=1S/C36H56N2O13/c39-35(50-31-33-7-3-1-4-8-33)37-11-13-41-15-17-43-19-21-45-23-25-47-27-29-49-30-28-48-26-24-46-22-20-44-18-16-42-14-12-38-36(40)51-32-34-9-5-2-6-10-34/h1-10H,11-32H2,(H,37,39)(H,38,40). The zero-order valence-electron chi connectivity index (χ0n) is 29.6. The van der Waals surface area contributed by atoms with Gasteiger partial charge in [0.15, 0.2) is 0 Å². The van der Waals surface area contributed by atoms with E-state index in [0.717, 1.165) is 11.1 Å². The molecule has 288 valence electrons. The third-order valence-electron chi connectivity index (χ3n) is 6.43. The van der Waals surface area contributed by atoms with Gasteiger partial charge in [0.1, 0.15) is 13.2 Å². The molecule has 51 heavy (non-hydrogen) atoms. The number of ether oxygens (including phenoxy) is 11. The molecule has 0 spiro atoms. The maximum atomic E-state index is 11.6.